The highest BCUT2D eigenvalue weighted by Crippen LogP contribution is 2.29. The zero-order chi connectivity index (χ0) is 29.5. The fourth-order valence-corrected chi connectivity index (χ4v) is 3.84. The number of ether oxygens (including phenoxy) is 2. The Morgan fingerprint density at radius 2 is 1.85 bits per heavy atom. The lowest BCUT2D eigenvalue weighted by molar-refractivity contribution is -0.192. The number of hydrogen-bond acceptors (Lipinski definition) is 8. The number of anilines is 1. The first-order valence-corrected chi connectivity index (χ1v) is 12.7. The zero-order valence-corrected chi connectivity index (χ0v) is 22.7. The number of carboxylic acids is 1. The van der Waals surface area contributed by atoms with E-state index in [1.807, 2.05) is 44.5 Å². The number of fused-ring (bicyclic) bond motifs is 1. The number of carbonyl (C=O) groups excluding carboxylic acids is 1. The van der Waals surface area contributed by atoms with E-state index in [9.17, 15) is 18.0 Å². The Bertz CT molecular complexity index is 1320. The van der Waals surface area contributed by atoms with E-state index >= 15 is 0 Å². The van der Waals surface area contributed by atoms with Crippen LogP contribution in [-0.4, -0.2) is 67.8 Å². The second-order valence-corrected chi connectivity index (χ2v) is 9.94. The van der Waals surface area contributed by atoms with Crippen molar-refractivity contribution >= 4 is 28.6 Å². The molecule has 1 fully saturated rings. The summed E-state index contributed by atoms with van der Waals surface area (Å²) < 4.78 is 45.0. The van der Waals surface area contributed by atoms with Crippen LogP contribution < -0.4 is 15.4 Å². The maximum absolute atomic E-state index is 13.3. The fourth-order valence-electron chi connectivity index (χ4n) is 3.84. The predicted octanol–water partition coefficient (Wildman–Crippen LogP) is 4.18. The summed E-state index contributed by atoms with van der Waals surface area (Å²) in [7, 11) is 0. The number of carbonyl (C=O) groups is 2. The maximum Gasteiger partial charge on any atom is 0.490 e. The van der Waals surface area contributed by atoms with E-state index in [0.717, 1.165) is 35.1 Å². The van der Waals surface area contributed by atoms with Gasteiger partial charge >= 0.3 is 12.1 Å². The third-order valence-corrected chi connectivity index (χ3v) is 5.71. The molecular weight excluding hydrogens is 533 g/mol. The van der Waals surface area contributed by atoms with Gasteiger partial charge in [-0.2, -0.15) is 18.3 Å². The van der Waals surface area contributed by atoms with Gasteiger partial charge in [-0.15, -0.1) is 0 Å². The molecular formula is C26H33F3N6O5. The molecule has 3 aromatic rings. The highest BCUT2D eigenvalue weighted by molar-refractivity contribution is 6.06. The minimum absolute atomic E-state index is 0.214. The van der Waals surface area contributed by atoms with Crippen LogP contribution in [-0.2, 0) is 22.6 Å². The average molecular weight is 567 g/mol. The smallest absolute Gasteiger partial charge is 0.475 e. The van der Waals surface area contributed by atoms with Crippen molar-refractivity contribution < 1.29 is 37.3 Å². The molecule has 0 saturated carbocycles. The quantitative estimate of drug-likeness (QED) is 0.384. The van der Waals surface area contributed by atoms with Crippen LogP contribution in [0.1, 0.15) is 56.5 Å². The van der Waals surface area contributed by atoms with E-state index in [-0.39, 0.29) is 17.6 Å². The molecule has 4 rings (SSSR count). The van der Waals surface area contributed by atoms with Gasteiger partial charge in [-0.1, -0.05) is 6.07 Å². The van der Waals surface area contributed by atoms with Crippen molar-refractivity contribution in [2.75, 3.05) is 18.5 Å². The summed E-state index contributed by atoms with van der Waals surface area (Å²) in [5.74, 6) is -2.45. The van der Waals surface area contributed by atoms with E-state index in [4.69, 9.17) is 19.4 Å². The third-order valence-electron chi connectivity index (χ3n) is 5.71. The highest BCUT2D eigenvalue weighted by Gasteiger charge is 2.38. The number of aromatic nitrogens is 4. The van der Waals surface area contributed by atoms with Crippen LogP contribution in [0.5, 0.6) is 5.88 Å². The summed E-state index contributed by atoms with van der Waals surface area (Å²) in [6, 6.07) is 3.97. The van der Waals surface area contributed by atoms with E-state index in [0.29, 0.717) is 37.7 Å². The van der Waals surface area contributed by atoms with Gasteiger partial charge in [0.05, 0.1) is 22.8 Å². The molecule has 0 aromatic carbocycles. The van der Waals surface area contributed by atoms with Crippen LogP contribution >= 0.6 is 0 Å². The van der Waals surface area contributed by atoms with Crippen molar-refractivity contribution in [2.24, 2.45) is 0 Å². The van der Waals surface area contributed by atoms with Crippen LogP contribution in [0, 0.1) is 0 Å². The molecule has 1 saturated heterocycles. The molecule has 0 radical (unpaired) electrons. The first kappa shape index (κ1) is 30.6. The third kappa shape index (κ3) is 8.28. The van der Waals surface area contributed by atoms with Gasteiger partial charge < -0.3 is 25.2 Å². The summed E-state index contributed by atoms with van der Waals surface area (Å²) in [6.45, 7) is 10.3. The first-order valence-electron chi connectivity index (χ1n) is 12.7. The molecule has 4 heterocycles. The Morgan fingerprint density at radius 1 is 1.18 bits per heavy atom. The van der Waals surface area contributed by atoms with Crippen molar-refractivity contribution in [2.45, 2.75) is 71.4 Å². The minimum Gasteiger partial charge on any atom is -0.475 e. The number of carboxylic acid groups (broad SMARTS) is 1. The summed E-state index contributed by atoms with van der Waals surface area (Å²) >= 11 is 0. The van der Waals surface area contributed by atoms with Gasteiger partial charge in [-0.25, -0.2) is 19.4 Å². The van der Waals surface area contributed by atoms with E-state index in [1.54, 1.807) is 18.6 Å². The number of pyridine rings is 2. The Kier molecular flexibility index (Phi) is 9.90. The van der Waals surface area contributed by atoms with Gasteiger partial charge in [-0.05, 0) is 46.6 Å². The lowest BCUT2D eigenvalue weighted by atomic mass is 10.1. The number of amides is 1. The number of halogens is 3. The van der Waals surface area contributed by atoms with Crippen molar-refractivity contribution in [3.63, 3.8) is 0 Å². The van der Waals surface area contributed by atoms with E-state index in [1.165, 1.54) is 0 Å². The highest BCUT2D eigenvalue weighted by atomic mass is 19.4. The molecule has 14 heteroatoms. The number of aryl methyl sites for hydroxylation is 1. The molecule has 3 N–H and O–H groups in total. The molecule has 11 nitrogen and oxygen atoms in total. The van der Waals surface area contributed by atoms with Crippen molar-refractivity contribution in [3.8, 4) is 5.88 Å². The number of alkyl halides is 3. The molecule has 0 unspecified atom stereocenters. The van der Waals surface area contributed by atoms with Crippen molar-refractivity contribution in [1.29, 1.82) is 0 Å². The average Bonchev–Trinajstić information content (AvgIpc) is 3.31. The zero-order valence-electron chi connectivity index (χ0n) is 22.7. The molecule has 0 aliphatic carbocycles. The summed E-state index contributed by atoms with van der Waals surface area (Å²) in [5, 5.41) is 19.0. The van der Waals surface area contributed by atoms with Crippen molar-refractivity contribution in [3.05, 3.63) is 41.9 Å². The Morgan fingerprint density at radius 3 is 2.45 bits per heavy atom. The van der Waals surface area contributed by atoms with Crippen molar-refractivity contribution in [1.82, 2.24) is 25.1 Å². The fraction of sp³-hybridized carbons (Fsp3) is 0.500. The largest absolute Gasteiger partial charge is 0.490 e. The van der Waals surface area contributed by atoms with E-state index in [2.05, 4.69) is 25.7 Å². The number of hydrogen-bond donors (Lipinski definition) is 3. The Labute approximate surface area is 229 Å². The van der Waals surface area contributed by atoms with Gasteiger partial charge in [0.1, 0.15) is 5.60 Å². The van der Waals surface area contributed by atoms with Gasteiger partial charge in [0.25, 0.3) is 5.91 Å². The van der Waals surface area contributed by atoms with Gasteiger partial charge in [0.2, 0.25) is 5.88 Å². The van der Waals surface area contributed by atoms with Crippen LogP contribution in [0.15, 0.2) is 30.7 Å². The molecule has 1 aliphatic rings. The van der Waals surface area contributed by atoms with Gasteiger partial charge in [-0.3, -0.25) is 4.79 Å². The van der Waals surface area contributed by atoms with E-state index < -0.39 is 12.1 Å². The monoisotopic (exact) mass is 566 g/mol. The second kappa shape index (κ2) is 12.9. The number of nitrogens with one attached hydrogen (secondary N) is 2. The molecule has 40 heavy (non-hydrogen) atoms. The summed E-state index contributed by atoms with van der Waals surface area (Å²) in [5.41, 5.74) is 2.44. The predicted molar refractivity (Wildman–Crippen MR) is 140 cm³/mol. The normalized spacial score (nSPS) is 14.3. The molecule has 218 valence electrons. The topological polar surface area (TPSA) is 140 Å². The lowest BCUT2D eigenvalue weighted by Gasteiger charge is -2.25. The molecule has 0 spiro atoms. The van der Waals surface area contributed by atoms with Gasteiger partial charge in [0, 0.05) is 50.3 Å². The number of rotatable bonds is 7. The SMILES string of the molecule is CCn1ncc2c(NC3CCOCC3)c(C(=O)NCc3cccnc3OC(C)(C)C)cnc21.O=C(O)C(F)(F)F. The summed E-state index contributed by atoms with van der Waals surface area (Å²) in [4.78, 5) is 31.1. The molecule has 0 bridgehead atoms. The van der Waals surface area contributed by atoms with Crippen LogP contribution in [0.3, 0.4) is 0 Å². The lowest BCUT2D eigenvalue weighted by Crippen LogP contribution is -2.30. The van der Waals surface area contributed by atoms with Crippen LogP contribution in [0.2, 0.25) is 0 Å². The molecule has 1 aliphatic heterocycles. The van der Waals surface area contributed by atoms with Crippen LogP contribution in [0.25, 0.3) is 11.0 Å². The first-order chi connectivity index (χ1) is 18.8. The molecule has 1 amide bonds. The second-order valence-electron chi connectivity index (χ2n) is 9.94. The van der Waals surface area contributed by atoms with Crippen LogP contribution in [0.4, 0.5) is 18.9 Å². The number of nitrogens with zero attached hydrogens (tertiary/aromatic N) is 4. The standard InChI is InChI=1S/C24H32N6O3.C2HF3O2/c1-5-30-21-18(15-28-30)20(29-17-8-11-32-12-9-17)19(14-26-21)22(31)27-13-16-7-6-10-25-23(16)33-24(2,3)4;3-2(4,5)1(6)7/h6-7,10,14-15,17H,5,8-9,11-13H2,1-4H3,(H,26,29)(H,27,31);(H,6,7). The summed E-state index contributed by atoms with van der Waals surface area (Å²) in [6.07, 6.45) is 1.78. The number of aliphatic carboxylic acids is 1. The van der Waals surface area contributed by atoms with Gasteiger partial charge in [0.15, 0.2) is 5.65 Å². The molecule has 0 atom stereocenters. The Balaban J connectivity index is 0.000000559. The maximum atomic E-state index is 13.3. The minimum atomic E-state index is -5.08. The Hall–Kier alpha value is -3.94. The molecule has 3 aromatic heterocycles.